The number of nitrogens with one attached hydrogen (secondary N) is 2. The van der Waals surface area contributed by atoms with Crippen molar-refractivity contribution in [3.8, 4) is 0 Å². The number of H-pyrrole nitrogens is 1. The molecule has 0 saturated carbocycles. The number of halogens is 2. The molecular weight excluding hydrogens is 574 g/mol. The molecule has 15 heteroatoms. The molecule has 2 amide bonds. The van der Waals surface area contributed by atoms with Gasteiger partial charge in [0.15, 0.2) is 5.82 Å². The van der Waals surface area contributed by atoms with E-state index in [0.717, 1.165) is 16.4 Å². The van der Waals surface area contributed by atoms with Gasteiger partial charge in [-0.2, -0.15) is 9.40 Å². The van der Waals surface area contributed by atoms with Crippen LogP contribution in [0.25, 0.3) is 0 Å². The minimum atomic E-state index is -4.36. The van der Waals surface area contributed by atoms with Crippen molar-refractivity contribution in [3.05, 3.63) is 70.4 Å². The number of hydrogen-bond acceptors (Lipinski definition) is 7. The zero-order chi connectivity index (χ0) is 30.6. The van der Waals surface area contributed by atoms with E-state index in [1.165, 1.54) is 18.2 Å². The Labute approximate surface area is 239 Å². The Balaban J connectivity index is 1.48. The molecule has 0 unspecified atom stereocenters. The third kappa shape index (κ3) is 5.20. The molecule has 2 aromatic carbocycles. The molecule has 0 radical (unpaired) electrons. The first-order valence-corrected chi connectivity index (χ1v) is 14.4. The number of primary amides is 1. The molecule has 2 aliphatic rings. The van der Waals surface area contributed by atoms with E-state index in [4.69, 9.17) is 5.73 Å². The summed E-state index contributed by atoms with van der Waals surface area (Å²) in [6.45, 7) is 3.60. The van der Waals surface area contributed by atoms with Gasteiger partial charge in [0, 0.05) is 48.1 Å². The number of benzene rings is 2. The van der Waals surface area contributed by atoms with E-state index in [0.29, 0.717) is 42.4 Å². The van der Waals surface area contributed by atoms with E-state index in [-0.39, 0.29) is 30.0 Å². The van der Waals surface area contributed by atoms with Gasteiger partial charge >= 0.3 is 5.97 Å². The van der Waals surface area contributed by atoms with Crippen LogP contribution >= 0.6 is 0 Å². The molecule has 3 heterocycles. The summed E-state index contributed by atoms with van der Waals surface area (Å²) in [6, 6.07) is 5.49. The minimum absolute atomic E-state index is 0.0150. The fourth-order valence-electron chi connectivity index (χ4n) is 5.55. The number of amides is 2. The molecule has 0 aliphatic carbocycles. The Morgan fingerprint density at radius 2 is 1.81 bits per heavy atom. The first-order valence-electron chi connectivity index (χ1n) is 13.0. The average Bonchev–Trinajstić information content (AvgIpc) is 3.56. The van der Waals surface area contributed by atoms with E-state index >= 15 is 0 Å². The van der Waals surface area contributed by atoms with Crippen LogP contribution in [-0.4, -0.2) is 64.9 Å². The van der Waals surface area contributed by atoms with Crippen LogP contribution in [-0.2, 0) is 26.8 Å². The predicted molar refractivity (Wildman–Crippen MR) is 146 cm³/mol. The molecule has 3 aromatic rings. The van der Waals surface area contributed by atoms with Crippen molar-refractivity contribution in [3.63, 3.8) is 0 Å². The Morgan fingerprint density at radius 3 is 2.45 bits per heavy atom. The molecule has 0 bridgehead atoms. The van der Waals surface area contributed by atoms with Crippen LogP contribution in [0.3, 0.4) is 0 Å². The molecule has 42 heavy (non-hydrogen) atoms. The number of carboxylic acids is 1. The van der Waals surface area contributed by atoms with E-state index in [9.17, 15) is 36.7 Å². The van der Waals surface area contributed by atoms with Crippen LogP contribution in [0.5, 0.6) is 0 Å². The lowest BCUT2D eigenvalue weighted by Gasteiger charge is -2.36. The largest absolute Gasteiger partial charge is 0.480 e. The van der Waals surface area contributed by atoms with Gasteiger partial charge < -0.3 is 21.1 Å². The first kappa shape index (κ1) is 29.1. The van der Waals surface area contributed by atoms with Crippen LogP contribution in [0.1, 0.15) is 58.7 Å². The topological polar surface area (TPSA) is 179 Å². The Hall–Kier alpha value is -4.37. The van der Waals surface area contributed by atoms with Crippen molar-refractivity contribution in [2.45, 2.75) is 49.6 Å². The standard InChI is InChI=1S/C27H28F2N6O6S/c1-27(2)13-34(42(40,41)17-9-14(28)8-15(29)10-17)12-20-22(27)32-33-24(20)31-25(37)19-11-16(5-6-18(19)23(30)36)35-7-3-4-21(35)26(38)39/h5-6,8-11,21H,3-4,7,12-13H2,1-2H3,(H2,30,36)(H,38,39)(H2,31,32,33,37)/t21-/m1/s1. The van der Waals surface area contributed by atoms with Gasteiger partial charge in [0.2, 0.25) is 15.9 Å². The smallest absolute Gasteiger partial charge is 0.326 e. The lowest BCUT2D eigenvalue weighted by atomic mass is 9.84. The highest BCUT2D eigenvalue weighted by Gasteiger charge is 2.41. The number of fused-ring (bicyclic) bond motifs is 1. The predicted octanol–water partition coefficient (Wildman–Crippen LogP) is 2.57. The van der Waals surface area contributed by atoms with Gasteiger partial charge in [0.25, 0.3) is 5.91 Å². The molecule has 222 valence electrons. The number of carbonyl (C=O) groups is 3. The minimum Gasteiger partial charge on any atom is -0.480 e. The molecule has 1 aromatic heterocycles. The SMILES string of the molecule is CC1(C)CN(S(=O)(=O)c2cc(F)cc(F)c2)Cc2c(NC(=O)c3cc(N4CCC[C@@H]4C(=O)O)ccc3C(N)=O)n[nH]c21. The van der Waals surface area contributed by atoms with Crippen LogP contribution < -0.4 is 16.0 Å². The summed E-state index contributed by atoms with van der Waals surface area (Å²) >= 11 is 0. The van der Waals surface area contributed by atoms with E-state index in [2.05, 4.69) is 15.5 Å². The maximum absolute atomic E-state index is 13.9. The Bertz CT molecular complexity index is 1700. The second-order valence-corrected chi connectivity index (χ2v) is 12.9. The zero-order valence-electron chi connectivity index (χ0n) is 22.6. The number of aliphatic carboxylic acids is 1. The number of aromatic amines is 1. The van der Waals surface area contributed by atoms with Crippen LogP contribution in [0.15, 0.2) is 41.3 Å². The number of rotatable bonds is 7. The number of sulfonamides is 1. The van der Waals surface area contributed by atoms with E-state index in [1.807, 2.05) is 0 Å². The van der Waals surface area contributed by atoms with Crippen LogP contribution in [0, 0.1) is 11.6 Å². The summed E-state index contributed by atoms with van der Waals surface area (Å²) < 4.78 is 55.6. The van der Waals surface area contributed by atoms with Gasteiger partial charge in [0.1, 0.15) is 17.7 Å². The normalized spacial score (nSPS) is 18.5. The van der Waals surface area contributed by atoms with Gasteiger partial charge in [-0.15, -0.1) is 0 Å². The first-order chi connectivity index (χ1) is 19.7. The van der Waals surface area contributed by atoms with Crippen molar-refractivity contribution >= 4 is 39.3 Å². The average molecular weight is 603 g/mol. The monoisotopic (exact) mass is 602 g/mol. The fourth-order valence-corrected chi connectivity index (χ4v) is 7.16. The molecular formula is C27H28F2N6O6S. The maximum Gasteiger partial charge on any atom is 0.326 e. The molecule has 0 spiro atoms. The van der Waals surface area contributed by atoms with Gasteiger partial charge in [0.05, 0.1) is 16.0 Å². The summed E-state index contributed by atoms with van der Waals surface area (Å²) in [5.74, 6) is -4.78. The van der Waals surface area contributed by atoms with Crippen LogP contribution in [0.2, 0.25) is 0 Å². The molecule has 1 atom stereocenters. The highest BCUT2D eigenvalue weighted by atomic mass is 32.2. The Kier molecular flexibility index (Phi) is 7.27. The quantitative estimate of drug-likeness (QED) is 0.319. The lowest BCUT2D eigenvalue weighted by Crippen LogP contribution is -2.45. The van der Waals surface area contributed by atoms with Crippen molar-refractivity contribution in [1.82, 2.24) is 14.5 Å². The summed E-state index contributed by atoms with van der Waals surface area (Å²) in [7, 11) is -4.36. The van der Waals surface area contributed by atoms with Gasteiger partial charge in [-0.3, -0.25) is 14.7 Å². The van der Waals surface area contributed by atoms with Gasteiger partial charge in [-0.25, -0.2) is 22.0 Å². The molecule has 1 saturated heterocycles. The summed E-state index contributed by atoms with van der Waals surface area (Å²) in [5.41, 5.74) is 5.72. The maximum atomic E-state index is 13.9. The number of nitrogens with two attached hydrogens (primary N) is 1. The summed E-state index contributed by atoms with van der Waals surface area (Å²) in [4.78, 5) is 38.5. The van der Waals surface area contributed by atoms with Gasteiger partial charge in [-0.05, 0) is 43.2 Å². The number of carbonyl (C=O) groups excluding carboxylic acids is 2. The molecule has 12 nitrogen and oxygen atoms in total. The van der Waals surface area contributed by atoms with Crippen LogP contribution in [0.4, 0.5) is 20.3 Å². The van der Waals surface area contributed by atoms with Crippen molar-refractivity contribution in [1.29, 1.82) is 0 Å². The second kappa shape index (κ2) is 10.5. The highest BCUT2D eigenvalue weighted by Crippen LogP contribution is 2.38. The third-order valence-corrected chi connectivity index (χ3v) is 9.31. The fraction of sp³-hybridized carbons (Fsp3) is 0.333. The molecule has 5 N–H and O–H groups in total. The van der Waals surface area contributed by atoms with E-state index < -0.39 is 55.8 Å². The third-order valence-electron chi connectivity index (χ3n) is 7.54. The summed E-state index contributed by atoms with van der Waals surface area (Å²) in [6.07, 6.45) is 1.05. The molecule has 1 fully saturated rings. The van der Waals surface area contributed by atoms with Crippen molar-refractivity contribution in [2.75, 3.05) is 23.3 Å². The molecule has 5 rings (SSSR count). The highest BCUT2D eigenvalue weighted by molar-refractivity contribution is 7.89. The van der Waals surface area contributed by atoms with E-state index in [1.54, 1.807) is 18.7 Å². The molecule has 2 aliphatic heterocycles. The van der Waals surface area contributed by atoms with Crippen molar-refractivity contribution < 1.29 is 36.7 Å². The summed E-state index contributed by atoms with van der Waals surface area (Å²) in [5, 5.41) is 19.2. The number of anilines is 2. The Morgan fingerprint density at radius 1 is 1.12 bits per heavy atom. The van der Waals surface area contributed by atoms with Crippen molar-refractivity contribution in [2.24, 2.45) is 5.73 Å². The number of nitrogens with zero attached hydrogens (tertiary/aromatic N) is 3. The zero-order valence-corrected chi connectivity index (χ0v) is 23.5. The second-order valence-electron chi connectivity index (χ2n) is 10.9. The number of aromatic nitrogens is 2. The number of carboxylic acid groups (broad SMARTS) is 1. The van der Waals surface area contributed by atoms with Gasteiger partial charge in [-0.1, -0.05) is 13.8 Å². The number of hydrogen-bond donors (Lipinski definition) is 4. The lowest BCUT2D eigenvalue weighted by molar-refractivity contribution is -0.138.